The molecule has 1 aliphatic rings. The molecule has 1 amide bonds. The molecule has 0 radical (unpaired) electrons. The Morgan fingerprint density at radius 2 is 2.17 bits per heavy atom. The lowest BCUT2D eigenvalue weighted by Gasteiger charge is -2.20. The SMILES string of the molecule is O=C1NP(Cl)Oc2ccccc21. The molecule has 0 aliphatic carbocycles. The summed E-state index contributed by atoms with van der Waals surface area (Å²) >= 11 is 5.65. The zero-order chi connectivity index (χ0) is 8.55. The Labute approximate surface area is 75.4 Å². The molecule has 0 bridgehead atoms. The average molecular weight is 202 g/mol. The van der Waals surface area contributed by atoms with Gasteiger partial charge in [0.25, 0.3) is 13.6 Å². The van der Waals surface area contributed by atoms with E-state index in [4.69, 9.17) is 15.8 Å². The minimum atomic E-state index is -1.34. The van der Waals surface area contributed by atoms with Crippen molar-refractivity contribution in [2.75, 3.05) is 0 Å². The van der Waals surface area contributed by atoms with Crippen molar-refractivity contribution in [1.29, 1.82) is 0 Å². The molecule has 2 rings (SSSR count). The number of halogens is 1. The minimum Gasteiger partial charge on any atom is -0.440 e. The van der Waals surface area contributed by atoms with Crippen LogP contribution in [0.2, 0.25) is 0 Å². The van der Waals surface area contributed by atoms with Crippen LogP contribution in [0.15, 0.2) is 24.3 Å². The fourth-order valence-corrected chi connectivity index (χ4v) is 2.09. The van der Waals surface area contributed by atoms with Gasteiger partial charge in [0.1, 0.15) is 5.75 Å². The number of nitrogens with one attached hydrogen (secondary N) is 1. The summed E-state index contributed by atoms with van der Waals surface area (Å²) in [6.45, 7) is 0. The quantitative estimate of drug-likeness (QED) is 0.654. The third kappa shape index (κ3) is 1.26. The Balaban J connectivity index is 2.47. The lowest BCUT2D eigenvalue weighted by Crippen LogP contribution is -2.23. The van der Waals surface area contributed by atoms with Gasteiger partial charge in [-0.05, 0) is 23.4 Å². The molecule has 1 aromatic carbocycles. The normalized spacial score (nSPS) is 20.8. The minimum absolute atomic E-state index is 0.169. The largest absolute Gasteiger partial charge is 0.440 e. The first-order valence-electron chi connectivity index (χ1n) is 3.31. The highest BCUT2D eigenvalue weighted by Crippen LogP contribution is 2.43. The molecule has 0 saturated carbocycles. The molecule has 0 fully saturated rings. The van der Waals surface area contributed by atoms with E-state index in [2.05, 4.69) is 5.09 Å². The second kappa shape index (κ2) is 2.92. The zero-order valence-electron chi connectivity index (χ0n) is 5.95. The molecule has 0 saturated heterocycles. The van der Waals surface area contributed by atoms with E-state index in [1.165, 1.54) is 0 Å². The van der Waals surface area contributed by atoms with Crippen LogP contribution in [0.4, 0.5) is 0 Å². The number of amides is 1. The zero-order valence-corrected chi connectivity index (χ0v) is 7.60. The molecular weight excluding hydrogens is 197 g/mol. The van der Waals surface area contributed by atoms with E-state index in [-0.39, 0.29) is 5.91 Å². The highest BCUT2D eigenvalue weighted by atomic mass is 35.7. The van der Waals surface area contributed by atoms with Crippen LogP contribution < -0.4 is 9.61 Å². The lowest BCUT2D eigenvalue weighted by atomic mass is 10.2. The van der Waals surface area contributed by atoms with Gasteiger partial charge in [-0.15, -0.1) is 0 Å². The highest BCUT2D eigenvalue weighted by Gasteiger charge is 2.23. The predicted octanol–water partition coefficient (Wildman–Crippen LogP) is 2.27. The van der Waals surface area contributed by atoms with Gasteiger partial charge in [0.05, 0.1) is 5.56 Å². The van der Waals surface area contributed by atoms with Crippen molar-refractivity contribution in [3.05, 3.63) is 29.8 Å². The molecule has 1 atom stereocenters. The van der Waals surface area contributed by atoms with E-state index in [1.54, 1.807) is 24.3 Å². The van der Waals surface area contributed by atoms with Crippen molar-refractivity contribution >= 4 is 24.8 Å². The van der Waals surface area contributed by atoms with Gasteiger partial charge >= 0.3 is 0 Å². The van der Waals surface area contributed by atoms with Crippen LogP contribution in [0.3, 0.4) is 0 Å². The Morgan fingerprint density at radius 3 is 3.00 bits per heavy atom. The molecule has 12 heavy (non-hydrogen) atoms. The van der Waals surface area contributed by atoms with Crippen molar-refractivity contribution in [3.8, 4) is 5.75 Å². The van der Waals surface area contributed by atoms with Crippen LogP contribution in [0, 0.1) is 0 Å². The van der Waals surface area contributed by atoms with Crippen LogP contribution in [-0.2, 0) is 0 Å². The number of hydrogen-bond acceptors (Lipinski definition) is 2. The van der Waals surface area contributed by atoms with Gasteiger partial charge in [0.15, 0.2) is 0 Å². The lowest BCUT2D eigenvalue weighted by molar-refractivity contribution is 0.0974. The number of benzene rings is 1. The number of para-hydroxylation sites is 1. The predicted molar refractivity (Wildman–Crippen MR) is 47.3 cm³/mol. The van der Waals surface area contributed by atoms with Crippen LogP contribution in [0.5, 0.6) is 5.75 Å². The van der Waals surface area contributed by atoms with E-state index >= 15 is 0 Å². The van der Waals surface area contributed by atoms with Gasteiger partial charge in [-0.25, -0.2) is 0 Å². The monoisotopic (exact) mass is 201 g/mol. The van der Waals surface area contributed by atoms with Gasteiger partial charge in [-0.2, -0.15) is 0 Å². The number of rotatable bonds is 0. The molecule has 62 valence electrons. The van der Waals surface area contributed by atoms with Gasteiger partial charge < -0.3 is 4.52 Å². The summed E-state index contributed by atoms with van der Waals surface area (Å²) in [4.78, 5) is 11.2. The Bertz CT molecular complexity index is 331. The Kier molecular flexibility index (Phi) is 1.91. The Hall–Kier alpha value is -0.790. The summed E-state index contributed by atoms with van der Waals surface area (Å²) in [5.41, 5.74) is 0.539. The summed E-state index contributed by atoms with van der Waals surface area (Å²) in [7, 11) is -1.34. The maximum absolute atomic E-state index is 11.2. The summed E-state index contributed by atoms with van der Waals surface area (Å²) in [6, 6.07) is 7.01. The van der Waals surface area contributed by atoms with Gasteiger partial charge in [0.2, 0.25) is 0 Å². The number of fused-ring (bicyclic) bond motifs is 1. The molecule has 1 aliphatic heterocycles. The molecule has 1 heterocycles. The molecular formula is C7H5ClNO2P. The highest BCUT2D eigenvalue weighted by molar-refractivity contribution is 7.79. The average Bonchev–Trinajstić information content (AvgIpc) is 2.04. The number of carbonyl (C=O) groups is 1. The summed E-state index contributed by atoms with van der Waals surface area (Å²) in [5.74, 6) is 0.389. The van der Waals surface area contributed by atoms with Crippen molar-refractivity contribution in [2.45, 2.75) is 0 Å². The third-order valence-corrected chi connectivity index (χ3v) is 2.70. The van der Waals surface area contributed by atoms with Crippen molar-refractivity contribution in [3.63, 3.8) is 0 Å². The maximum Gasteiger partial charge on any atom is 0.296 e. The second-order valence-electron chi connectivity index (χ2n) is 2.27. The van der Waals surface area contributed by atoms with E-state index in [9.17, 15) is 4.79 Å². The molecule has 0 aromatic heterocycles. The van der Waals surface area contributed by atoms with Crippen LogP contribution in [-0.4, -0.2) is 5.91 Å². The second-order valence-corrected chi connectivity index (χ2v) is 4.09. The molecule has 5 heteroatoms. The Morgan fingerprint density at radius 1 is 1.42 bits per heavy atom. The first kappa shape index (κ1) is 7.84. The number of hydrogen-bond donors (Lipinski definition) is 1. The van der Waals surface area contributed by atoms with E-state index < -0.39 is 7.65 Å². The summed E-state index contributed by atoms with van der Waals surface area (Å²) in [5, 5.41) is 2.50. The fraction of sp³-hybridized carbons (Fsp3) is 0. The maximum atomic E-state index is 11.2. The smallest absolute Gasteiger partial charge is 0.296 e. The molecule has 0 spiro atoms. The summed E-state index contributed by atoms with van der Waals surface area (Å²) in [6.07, 6.45) is 0. The van der Waals surface area contributed by atoms with Gasteiger partial charge in [-0.3, -0.25) is 9.88 Å². The topological polar surface area (TPSA) is 38.3 Å². The summed E-state index contributed by atoms with van der Waals surface area (Å²) < 4.78 is 5.20. The fourth-order valence-electron chi connectivity index (χ4n) is 0.983. The van der Waals surface area contributed by atoms with Crippen LogP contribution in [0.25, 0.3) is 0 Å². The van der Waals surface area contributed by atoms with Crippen LogP contribution in [0.1, 0.15) is 10.4 Å². The van der Waals surface area contributed by atoms with E-state index in [0.29, 0.717) is 11.3 Å². The molecule has 1 N–H and O–H groups in total. The molecule has 1 unspecified atom stereocenters. The number of carbonyl (C=O) groups excluding carboxylic acids is 1. The van der Waals surface area contributed by atoms with E-state index in [0.717, 1.165) is 0 Å². The van der Waals surface area contributed by atoms with Crippen molar-refractivity contribution < 1.29 is 9.32 Å². The first-order chi connectivity index (χ1) is 5.77. The molecule has 1 aromatic rings. The standard InChI is InChI=1S/C7H5ClNO2P/c8-12-9-7(10)5-3-1-2-4-6(5)11-12/h1-4H,(H,9,10). The van der Waals surface area contributed by atoms with Crippen molar-refractivity contribution in [1.82, 2.24) is 5.09 Å². The van der Waals surface area contributed by atoms with Gasteiger partial charge in [0, 0.05) is 0 Å². The molecule has 3 nitrogen and oxygen atoms in total. The third-order valence-electron chi connectivity index (χ3n) is 1.50. The van der Waals surface area contributed by atoms with E-state index in [1.807, 2.05) is 0 Å². The van der Waals surface area contributed by atoms with Crippen LogP contribution >= 0.6 is 18.9 Å². The van der Waals surface area contributed by atoms with Crippen molar-refractivity contribution in [2.24, 2.45) is 0 Å². The van der Waals surface area contributed by atoms with Gasteiger partial charge in [-0.1, -0.05) is 12.1 Å². The first-order valence-corrected chi connectivity index (χ1v) is 5.48.